The topological polar surface area (TPSA) is 182 Å². The normalized spacial score (nSPS) is 10.2. The lowest BCUT2D eigenvalue weighted by Gasteiger charge is -2.34. The van der Waals surface area contributed by atoms with Crippen molar-refractivity contribution in [2.75, 3.05) is 85.8 Å². The summed E-state index contributed by atoms with van der Waals surface area (Å²) >= 11 is 0. The van der Waals surface area contributed by atoms with Crippen LogP contribution in [0.1, 0.15) is 167 Å². The molecule has 3 aromatic heterocycles. The Hall–Kier alpha value is -8.54. The fourth-order valence-electron chi connectivity index (χ4n) is 6.47. The van der Waals surface area contributed by atoms with E-state index in [1.165, 1.54) is 30.5 Å². The highest BCUT2D eigenvalue weighted by molar-refractivity contribution is 5.93. The van der Waals surface area contributed by atoms with Crippen molar-refractivity contribution in [3.8, 4) is 6.07 Å². The summed E-state index contributed by atoms with van der Waals surface area (Å²) < 4.78 is 61.4. The van der Waals surface area contributed by atoms with Gasteiger partial charge in [0.1, 0.15) is 11.6 Å². The molecule has 0 radical (unpaired) electrons. The smallest absolute Gasteiger partial charge is 0.388 e. The average molecular weight is 1360 g/mol. The Kier molecular flexibility index (Phi) is 50.6. The van der Waals surface area contributed by atoms with Gasteiger partial charge in [0.2, 0.25) is 5.91 Å². The van der Waals surface area contributed by atoms with Crippen LogP contribution in [0.3, 0.4) is 0 Å². The zero-order valence-electron chi connectivity index (χ0n) is 63.7. The molecule has 0 saturated heterocycles. The first-order valence-electron chi connectivity index (χ1n) is 32.3. The average Bonchev–Trinajstić information content (AvgIpc) is 0.934. The number of nitrogens with one attached hydrogen (secondary N) is 4. The van der Waals surface area contributed by atoms with Gasteiger partial charge < -0.3 is 31.9 Å². The van der Waals surface area contributed by atoms with Crippen molar-refractivity contribution in [1.82, 2.24) is 15.0 Å². The highest BCUT2D eigenvalue weighted by Gasteiger charge is 2.30. The molecule has 97 heavy (non-hydrogen) atoms. The number of hydroxylamine groups is 2. The lowest BCUT2D eigenvalue weighted by molar-refractivity contribution is -0.137. The van der Waals surface area contributed by atoms with E-state index in [0.717, 1.165) is 69.9 Å². The largest absolute Gasteiger partial charge is 0.416 e. The number of halogens is 5. The highest BCUT2D eigenvalue weighted by atomic mass is 19.4. The van der Waals surface area contributed by atoms with Gasteiger partial charge in [0.15, 0.2) is 0 Å². The number of carbonyl (C=O) groups is 1. The quantitative estimate of drug-likeness (QED) is 0.0644. The number of nitrogens with zero attached hydrogens (tertiary/aromatic N) is 7. The van der Waals surface area contributed by atoms with E-state index in [2.05, 4.69) is 188 Å². The molecule has 3 heterocycles. The van der Waals surface area contributed by atoms with Gasteiger partial charge in [0, 0.05) is 93.7 Å². The van der Waals surface area contributed by atoms with Gasteiger partial charge in [-0.05, 0) is 195 Å². The molecule has 0 aliphatic heterocycles. The maximum atomic E-state index is 12.8. The van der Waals surface area contributed by atoms with Crippen LogP contribution >= 0.6 is 0 Å². The third kappa shape index (κ3) is 51.4. The third-order valence-electron chi connectivity index (χ3n) is 10.8. The van der Waals surface area contributed by atoms with Gasteiger partial charge in [-0.3, -0.25) is 29.4 Å². The molecule has 0 saturated carbocycles. The number of nitrogens with two attached hydrogens (primary N) is 1. The zero-order valence-corrected chi connectivity index (χ0v) is 63.7. The molecule has 0 aliphatic carbocycles. The van der Waals surface area contributed by atoms with Gasteiger partial charge in [-0.2, -0.15) is 18.4 Å². The Morgan fingerprint density at radius 2 is 0.876 bits per heavy atom. The number of aromatic nitrogens is 3. The van der Waals surface area contributed by atoms with Crippen molar-refractivity contribution in [3.63, 3.8) is 0 Å². The van der Waals surface area contributed by atoms with Gasteiger partial charge in [-0.1, -0.05) is 95.2 Å². The number of nitriles is 1. The van der Waals surface area contributed by atoms with Crippen molar-refractivity contribution in [2.24, 2.45) is 29.4 Å². The Labute approximate surface area is 582 Å². The molecule has 7 aromatic rings. The van der Waals surface area contributed by atoms with Crippen molar-refractivity contribution in [1.29, 1.82) is 5.26 Å². The molecule has 1 amide bonds. The van der Waals surface area contributed by atoms with Gasteiger partial charge in [-0.15, -0.1) is 0 Å². The molecule has 7 rings (SSSR count). The number of anilines is 7. The van der Waals surface area contributed by atoms with E-state index in [1.54, 1.807) is 108 Å². The van der Waals surface area contributed by atoms with E-state index in [-0.39, 0.29) is 28.3 Å². The number of alkyl halides is 3. The number of carbonyl (C=O) groups excluding carboxylic acids is 1. The van der Waals surface area contributed by atoms with Gasteiger partial charge in [0.25, 0.3) is 0 Å². The number of benzene rings is 4. The number of hydrogen-bond acceptors (Lipinski definition) is 14. The Morgan fingerprint density at radius 3 is 1.21 bits per heavy atom. The maximum absolute atomic E-state index is 12.8. The zero-order chi connectivity index (χ0) is 75.7. The monoisotopic (exact) mass is 1360 g/mol. The van der Waals surface area contributed by atoms with Crippen LogP contribution in [-0.4, -0.2) is 86.9 Å². The molecule has 0 unspecified atom stereocenters. The van der Waals surface area contributed by atoms with Crippen molar-refractivity contribution in [3.05, 3.63) is 193 Å². The number of primary amides is 1. The van der Waals surface area contributed by atoms with E-state index in [9.17, 15) is 26.7 Å². The fourth-order valence-corrected chi connectivity index (χ4v) is 6.47. The summed E-state index contributed by atoms with van der Waals surface area (Å²) in [5.41, 5.74) is 11.6. The van der Waals surface area contributed by atoms with Crippen molar-refractivity contribution < 1.29 is 36.4 Å². The molecule has 0 fully saturated rings. The van der Waals surface area contributed by atoms with E-state index in [0.29, 0.717) is 16.8 Å². The molecule has 0 spiro atoms. The van der Waals surface area contributed by atoms with Crippen LogP contribution in [0.2, 0.25) is 0 Å². The van der Waals surface area contributed by atoms with Gasteiger partial charge in [0.05, 0.1) is 78.1 Å². The molecule has 4 aromatic carbocycles. The molecule has 0 bridgehead atoms. The van der Waals surface area contributed by atoms with Crippen molar-refractivity contribution in [2.45, 2.75) is 168 Å². The molecule has 0 atom stereocenters. The molecule has 20 heteroatoms. The Bertz CT molecular complexity index is 3000. The molecular weight excluding hydrogens is 1240 g/mol. The van der Waals surface area contributed by atoms with E-state index in [1.807, 2.05) is 78.6 Å². The van der Waals surface area contributed by atoms with Crippen LogP contribution in [0.4, 0.5) is 61.8 Å². The number of rotatable bonds is 10. The van der Waals surface area contributed by atoms with Crippen LogP contribution in [0.25, 0.3) is 0 Å². The lowest BCUT2D eigenvalue weighted by Crippen LogP contribution is -2.40. The first kappa shape index (κ1) is 94.9. The predicted molar refractivity (Wildman–Crippen MR) is 404 cm³/mol. The SMILES string of the molecule is CC(C)C.CC(C)C.CC(C)C.CC(C)C.CN(c1cncc(F)c1)C(C)(C)C.CNc1ccc(C#N)cc1.CNc1ccc(C(N)=O)cc1.CNc1cccc(C(F)(F)F)c1.CNc1cccc(F)c1.CON(c1cccnc1)C(C)(C)C.CON(c1ccncc1)C(C)(C)C. The minimum absolute atomic E-state index is 0.0184. The van der Waals surface area contributed by atoms with Crippen LogP contribution in [0.5, 0.6) is 0 Å². The Balaban J connectivity index is -0.000000502. The minimum Gasteiger partial charge on any atom is -0.388 e. The van der Waals surface area contributed by atoms with Crippen LogP contribution in [0.15, 0.2) is 165 Å². The first-order chi connectivity index (χ1) is 44.9. The molecule has 542 valence electrons. The first-order valence-corrected chi connectivity index (χ1v) is 32.3. The summed E-state index contributed by atoms with van der Waals surface area (Å²) in [6.07, 6.45) is 5.66. The summed E-state index contributed by atoms with van der Waals surface area (Å²) in [5, 5.41) is 23.5. The second-order valence-corrected chi connectivity index (χ2v) is 27.0. The summed E-state index contributed by atoms with van der Waals surface area (Å²) in [5.74, 6) is 2.43. The molecule has 6 N–H and O–H groups in total. The summed E-state index contributed by atoms with van der Waals surface area (Å²) in [6.45, 7) is 44.7. The summed E-state index contributed by atoms with van der Waals surface area (Å²) in [4.78, 5) is 35.0. The van der Waals surface area contributed by atoms with Crippen LogP contribution in [-0.2, 0) is 15.9 Å². The number of amides is 1. The van der Waals surface area contributed by atoms with Gasteiger partial charge >= 0.3 is 6.18 Å². The van der Waals surface area contributed by atoms with Gasteiger partial charge in [-0.25, -0.2) is 18.9 Å². The standard InChI is InChI=1S/C10H15FN2.2C10H16N2O.C8H8F3N.C8H10N2O.C8H8N2.C7H8FN.4C4H10/c1-10(2,3)13(4)9-5-8(11)6-12-7-9;1-10(2,3)12(13-4)9-5-7-11-8-6-9;1-10(2,3)12(13-4)9-6-5-7-11-8-9;1-12-7-4-2-3-6(5-7)8(9,10)11;1-10-7-4-2-6(3-5-7)8(9)11;1-10-8-4-2-7(6-9)3-5-8;1-9-7-4-2-3-6(8)5-7;4*1-4(2)3/h5-7H,1-4H3;2*5-8H,1-4H3;2-5,12H,1H3;2-5,10H,1H3,(H2,9,11);2-5,10H,1H3;2-5,9H,1H3;4*4H,1-3H3. The molecule has 15 nitrogen and oxygen atoms in total. The van der Waals surface area contributed by atoms with Crippen molar-refractivity contribution >= 4 is 45.7 Å². The van der Waals surface area contributed by atoms with Crippen LogP contribution in [0, 0.1) is 46.6 Å². The minimum atomic E-state index is -4.26. The maximum Gasteiger partial charge on any atom is 0.416 e. The van der Waals surface area contributed by atoms with Crippen LogP contribution < -0.4 is 42.0 Å². The van der Waals surface area contributed by atoms with E-state index in [4.69, 9.17) is 20.7 Å². The summed E-state index contributed by atoms with van der Waals surface area (Å²) in [6, 6.07) is 37.0. The second-order valence-electron chi connectivity index (χ2n) is 27.0. The fraction of sp³-hybridized carbons (Fsp3) is 0.468. The predicted octanol–water partition coefficient (Wildman–Crippen LogP) is 20.6. The van der Waals surface area contributed by atoms with E-state index >= 15 is 0 Å². The number of pyridine rings is 3. The van der Waals surface area contributed by atoms with E-state index < -0.39 is 17.6 Å². The second kappa shape index (κ2) is 51.7. The number of hydrogen-bond donors (Lipinski definition) is 5. The highest BCUT2D eigenvalue weighted by Crippen LogP contribution is 2.31. The summed E-state index contributed by atoms with van der Waals surface area (Å²) in [7, 11) is 12.3. The lowest BCUT2D eigenvalue weighted by atomic mass is 10.1. The molecule has 0 aliphatic rings. The third-order valence-corrected chi connectivity index (χ3v) is 10.8. The Morgan fingerprint density at radius 1 is 0.474 bits per heavy atom. The molecular formula is C77H121F5N12O3.